The van der Waals surface area contributed by atoms with Crippen LogP contribution >= 0.6 is 0 Å². The zero-order valence-corrected chi connectivity index (χ0v) is 14.2. The molecule has 0 spiro atoms. The second-order valence-corrected chi connectivity index (χ2v) is 6.61. The number of hydrogen-bond acceptors (Lipinski definition) is 2. The summed E-state index contributed by atoms with van der Waals surface area (Å²) in [6.45, 7) is 5.05. The molecule has 4 heteroatoms. The molecule has 1 aliphatic rings. The van der Waals surface area contributed by atoms with Crippen LogP contribution in [0.1, 0.15) is 31.4 Å². The van der Waals surface area contributed by atoms with Gasteiger partial charge in [-0.15, -0.1) is 0 Å². The van der Waals surface area contributed by atoms with Crippen molar-refractivity contribution in [3.63, 3.8) is 0 Å². The molecule has 0 heterocycles. The lowest BCUT2D eigenvalue weighted by atomic mass is 9.70. The minimum absolute atomic E-state index is 0.0728. The SMILES string of the molecule is COc1ccc2c(c1)/C(=C\CNC(=O)N(C)C)C(C)(C)CC2. The molecule has 1 aliphatic carbocycles. The highest BCUT2D eigenvalue weighted by Crippen LogP contribution is 2.45. The molecule has 0 aliphatic heterocycles. The third-order valence-electron chi connectivity index (χ3n) is 4.32. The molecule has 1 N–H and O–H groups in total. The lowest BCUT2D eigenvalue weighted by Crippen LogP contribution is -2.34. The quantitative estimate of drug-likeness (QED) is 0.930. The zero-order valence-electron chi connectivity index (χ0n) is 14.2. The molecule has 0 bridgehead atoms. The van der Waals surface area contributed by atoms with Crippen LogP contribution in [0.4, 0.5) is 4.79 Å². The first kappa shape index (κ1) is 16.4. The van der Waals surface area contributed by atoms with E-state index < -0.39 is 0 Å². The van der Waals surface area contributed by atoms with Crippen molar-refractivity contribution in [1.82, 2.24) is 10.2 Å². The van der Waals surface area contributed by atoms with Crippen LogP contribution in [0.25, 0.3) is 5.57 Å². The van der Waals surface area contributed by atoms with Gasteiger partial charge in [0.25, 0.3) is 0 Å². The second-order valence-electron chi connectivity index (χ2n) is 6.61. The topological polar surface area (TPSA) is 41.6 Å². The summed E-state index contributed by atoms with van der Waals surface area (Å²) in [5.41, 5.74) is 3.98. The number of amides is 2. The molecule has 0 saturated heterocycles. The number of benzene rings is 1. The molecular formula is C18H26N2O2. The molecule has 0 atom stereocenters. The number of aryl methyl sites for hydroxylation is 1. The summed E-state index contributed by atoms with van der Waals surface area (Å²) in [6, 6.07) is 6.20. The minimum atomic E-state index is -0.0728. The standard InChI is InChI=1S/C18H26N2O2/c1-18(2)10-8-13-6-7-14(22-5)12-15(13)16(18)9-11-19-17(21)20(3)4/h6-7,9,12H,8,10-11H2,1-5H3,(H,19,21)/b16-9+. The molecule has 2 amide bonds. The van der Waals surface area contributed by atoms with Crippen LogP contribution in [-0.2, 0) is 6.42 Å². The molecule has 0 unspecified atom stereocenters. The Kier molecular flexibility index (Phi) is 4.79. The molecule has 0 fully saturated rings. The summed E-state index contributed by atoms with van der Waals surface area (Å²) in [6.07, 6.45) is 4.33. The fourth-order valence-corrected chi connectivity index (χ4v) is 2.88. The maximum atomic E-state index is 11.7. The van der Waals surface area contributed by atoms with Crippen molar-refractivity contribution in [2.75, 3.05) is 27.7 Å². The number of urea groups is 1. The van der Waals surface area contributed by atoms with Gasteiger partial charge in [0.05, 0.1) is 7.11 Å². The van der Waals surface area contributed by atoms with Gasteiger partial charge in [0.1, 0.15) is 5.75 Å². The van der Waals surface area contributed by atoms with Crippen LogP contribution in [-0.4, -0.2) is 38.7 Å². The average molecular weight is 302 g/mol. The highest BCUT2D eigenvalue weighted by atomic mass is 16.5. The second kappa shape index (κ2) is 6.42. The van der Waals surface area contributed by atoms with Crippen molar-refractivity contribution in [3.05, 3.63) is 35.4 Å². The third kappa shape index (κ3) is 3.43. The lowest BCUT2D eigenvalue weighted by molar-refractivity contribution is 0.218. The van der Waals surface area contributed by atoms with Gasteiger partial charge in [-0.25, -0.2) is 4.79 Å². The molecule has 0 radical (unpaired) electrons. The van der Waals surface area contributed by atoms with E-state index in [4.69, 9.17) is 4.74 Å². The third-order valence-corrected chi connectivity index (χ3v) is 4.32. The van der Waals surface area contributed by atoms with Gasteiger partial charge >= 0.3 is 6.03 Å². The smallest absolute Gasteiger partial charge is 0.317 e. The molecule has 120 valence electrons. The summed E-state index contributed by atoms with van der Waals surface area (Å²) in [7, 11) is 5.18. The number of hydrogen-bond donors (Lipinski definition) is 1. The molecule has 22 heavy (non-hydrogen) atoms. The van der Waals surface area contributed by atoms with Crippen molar-refractivity contribution in [2.24, 2.45) is 5.41 Å². The summed E-state index contributed by atoms with van der Waals surface area (Å²) in [5.74, 6) is 0.875. The average Bonchev–Trinajstić information content (AvgIpc) is 2.48. The van der Waals surface area contributed by atoms with Gasteiger partial charge in [0.2, 0.25) is 0 Å². The predicted octanol–water partition coefficient (Wildman–Crippen LogP) is 3.32. The van der Waals surface area contributed by atoms with E-state index in [0.29, 0.717) is 6.54 Å². The number of carbonyl (C=O) groups is 1. The monoisotopic (exact) mass is 302 g/mol. The van der Waals surface area contributed by atoms with Crippen molar-refractivity contribution >= 4 is 11.6 Å². The van der Waals surface area contributed by atoms with Crippen LogP contribution in [0.15, 0.2) is 24.3 Å². The van der Waals surface area contributed by atoms with Crippen molar-refractivity contribution < 1.29 is 9.53 Å². The first-order chi connectivity index (χ1) is 10.3. The zero-order chi connectivity index (χ0) is 16.3. The van der Waals surface area contributed by atoms with Gasteiger partial charge < -0.3 is 15.0 Å². The number of methoxy groups -OCH3 is 1. The minimum Gasteiger partial charge on any atom is -0.497 e. The largest absolute Gasteiger partial charge is 0.497 e. The Hall–Kier alpha value is -1.97. The number of carbonyl (C=O) groups excluding carboxylic acids is 1. The molecular weight excluding hydrogens is 276 g/mol. The number of fused-ring (bicyclic) bond motifs is 1. The number of allylic oxidation sites excluding steroid dienone is 1. The molecule has 1 aromatic rings. The maximum Gasteiger partial charge on any atom is 0.317 e. The van der Waals surface area contributed by atoms with Crippen molar-refractivity contribution in [1.29, 1.82) is 0 Å². The normalized spacial score (nSPS) is 17.8. The fraction of sp³-hybridized carbons (Fsp3) is 0.500. The molecule has 0 saturated carbocycles. The summed E-state index contributed by atoms with van der Waals surface area (Å²) >= 11 is 0. The first-order valence-corrected chi connectivity index (χ1v) is 7.68. The first-order valence-electron chi connectivity index (χ1n) is 7.68. The Balaban J connectivity index is 2.29. The number of nitrogens with zero attached hydrogens (tertiary/aromatic N) is 1. The van der Waals surface area contributed by atoms with E-state index in [2.05, 4.69) is 37.4 Å². The number of nitrogens with one attached hydrogen (secondary N) is 1. The van der Waals surface area contributed by atoms with Crippen LogP contribution < -0.4 is 10.1 Å². The Morgan fingerprint density at radius 1 is 1.41 bits per heavy atom. The Labute approximate surface area is 133 Å². The number of ether oxygens (including phenoxy) is 1. The van der Waals surface area contributed by atoms with E-state index >= 15 is 0 Å². The highest BCUT2D eigenvalue weighted by molar-refractivity contribution is 5.77. The van der Waals surface area contributed by atoms with E-state index in [-0.39, 0.29) is 11.4 Å². The van der Waals surface area contributed by atoms with E-state index in [9.17, 15) is 4.79 Å². The molecule has 0 aromatic heterocycles. The van der Waals surface area contributed by atoms with Crippen LogP contribution in [0, 0.1) is 5.41 Å². The van der Waals surface area contributed by atoms with E-state index in [1.54, 1.807) is 26.1 Å². The van der Waals surface area contributed by atoms with Gasteiger partial charge in [0.15, 0.2) is 0 Å². The lowest BCUT2D eigenvalue weighted by Gasteiger charge is -2.35. The molecule has 1 aromatic carbocycles. The van der Waals surface area contributed by atoms with Crippen LogP contribution in [0.5, 0.6) is 5.75 Å². The Bertz CT molecular complexity index is 589. The van der Waals surface area contributed by atoms with Crippen LogP contribution in [0.2, 0.25) is 0 Å². The summed E-state index contributed by atoms with van der Waals surface area (Å²) in [5, 5.41) is 2.91. The Morgan fingerprint density at radius 3 is 2.77 bits per heavy atom. The van der Waals surface area contributed by atoms with Gasteiger partial charge in [-0.2, -0.15) is 0 Å². The van der Waals surface area contributed by atoms with Crippen LogP contribution in [0.3, 0.4) is 0 Å². The summed E-state index contributed by atoms with van der Waals surface area (Å²) in [4.78, 5) is 13.2. The van der Waals surface area contributed by atoms with Gasteiger partial charge in [-0.3, -0.25) is 0 Å². The van der Waals surface area contributed by atoms with Crippen molar-refractivity contribution in [2.45, 2.75) is 26.7 Å². The van der Waals surface area contributed by atoms with E-state index in [1.165, 1.54) is 16.7 Å². The highest BCUT2D eigenvalue weighted by Gasteiger charge is 2.30. The van der Waals surface area contributed by atoms with E-state index in [1.807, 2.05) is 6.07 Å². The van der Waals surface area contributed by atoms with Gasteiger partial charge in [-0.05, 0) is 47.1 Å². The van der Waals surface area contributed by atoms with Gasteiger partial charge in [0, 0.05) is 20.6 Å². The molecule has 2 rings (SSSR count). The van der Waals surface area contributed by atoms with Crippen molar-refractivity contribution in [3.8, 4) is 5.75 Å². The fourth-order valence-electron chi connectivity index (χ4n) is 2.88. The number of rotatable bonds is 3. The van der Waals surface area contributed by atoms with Gasteiger partial charge in [-0.1, -0.05) is 26.0 Å². The van der Waals surface area contributed by atoms with E-state index in [0.717, 1.165) is 18.6 Å². The maximum absolute atomic E-state index is 11.7. The molecule has 4 nitrogen and oxygen atoms in total. The predicted molar refractivity (Wildman–Crippen MR) is 90.2 cm³/mol. The summed E-state index contributed by atoms with van der Waals surface area (Å²) < 4.78 is 5.37. The Morgan fingerprint density at radius 2 is 2.14 bits per heavy atom.